The molecule has 0 radical (unpaired) electrons. The lowest BCUT2D eigenvalue weighted by molar-refractivity contribution is 0.357. The van der Waals surface area contributed by atoms with Crippen LogP contribution in [-0.4, -0.2) is 11.7 Å². The highest BCUT2D eigenvalue weighted by atomic mass is 16.5. The van der Waals surface area contributed by atoms with Gasteiger partial charge in [-0.1, -0.05) is 18.2 Å². The average Bonchev–Trinajstić information content (AvgIpc) is 2.26. The minimum absolute atomic E-state index is 0.617. The van der Waals surface area contributed by atoms with E-state index in [-0.39, 0.29) is 0 Å². The Morgan fingerprint density at radius 2 is 2.21 bits per heavy atom. The standard InChI is InChI=1S/C12H12O2/c13-8-3-4-10-7-9-14-12-6-2-1-5-11(10)12/h1-3,5-8,13H,4,9H2. The first-order valence-corrected chi connectivity index (χ1v) is 4.62. The summed E-state index contributed by atoms with van der Waals surface area (Å²) in [5.41, 5.74) is 2.33. The molecule has 1 heterocycles. The molecular weight excluding hydrogens is 176 g/mol. The van der Waals surface area contributed by atoms with Crippen LogP contribution in [0.1, 0.15) is 12.0 Å². The second-order valence-electron chi connectivity index (χ2n) is 3.13. The monoisotopic (exact) mass is 188 g/mol. The Hall–Kier alpha value is -1.70. The Bertz CT molecular complexity index is 378. The fourth-order valence-corrected chi connectivity index (χ4v) is 1.57. The Labute approximate surface area is 83.1 Å². The molecular formula is C12H12O2. The van der Waals surface area contributed by atoms with E-state index in [1.807, 2.05) is 30.3 Å². The number of hydrogen-bond donors (Lipinski definition) is 1. The molecule has 2 nitrogen and oxygen atoms in total. The molecule has 14 heavy (non-hydrogen) atoms. The lowest BCUT2D eigenvalue weighted by atomic mass is 10.00. The Balaban J connectivity index is 2.30. The van der Waals surface area contributed by atoms with E-state index in [9.17, 15) is 0 Å². The Morgan fingerprint density at radius 3 is 3.07 bits per heavy atom. The zero-order valence-electron chi connectivity index (χ0n) is 7.81. The van der Waals surface area contributed by atoms with Gasteiger partial charge in [0.1, 0.15) is 12.4 Å². The molecule has 0 saturated heterocycles. The maximum atomic E-state index is 8.61. The second kappa shape index (κ2) is 4.01. The molecule has 1 N–H and O–H groups in total. The van der Waals surface area contributed by atoms with Crippen molar-refractivity contribution in [2.45, 2.75) is 6.42 Å². The third-order valence-corrected chi connectivity index (χ3v) is 2.24. The average molecular weight is 188 g/mol. The van der Waals surface area contributed by atoms with E-state index in [4.69, 9.17) is 9.84 Å². The summed E-state index contributed by atoms with van der Waals surface area (Å²) >= 11 is 0. The van der Waals surface area contributed by atoms with Crippen molar-refractivity contribution in [1.29, 1.82) is 0 Å². The normalized spacial score (nSPS) is 14.7. The highest BCUT2D eigenvalue weighted by Gasteiger charge is 2.10. The van der Waals surface area contributed by atoms with Crippen molar-refractivity contribution in [3.8, 4) is 5.75 Å². The van der Waals surface area contributed by atoms with Gasteiger partial charge in [0, 0.05) is 5.56 Å². The minimum Gasteiger partial charge on any atom is -0.516 e. The van der Waals surface area contributed by atoms with Crippen LogP contribution in [0.5, 0.6) is 5.75 Å². The molecule has 1 aromatic carbocycles. The predicted octanol–water partition coefficient (Wildman–Crippen LogP) is 2.92. The van der Waals surface area contributed by atoms with E-state index in [1.165, 1.54) is 5.57 Å². The van der Waals surface area contributed by atoms with Crippen LogP contribution < -0.4 is 4.74 Å². The molecule has 1 aliphatic rings. The van der Waals surface area contributed by atoms with E-state index in [1.54, 1.807) is 6.08 Å². The number of aliphatic hydroxyl groups excluding tert-OH is 1. The first kappa shape index (κ1) is 8.88. The van der Waals surface area contributed by atoms with Gasteiger partial charge in [0.05, 0.1) is 6.26 Å². The molecule has 0 bridgehead atoms. The van der Waals surface area contributed by atoms with Crippen molar-refractivity contribution in [1.82, 2.24) is 0 Å². The quantitative estimate of drug-likeness (QED) is 0.723. The van der Waals surface area contributed by atoms with Gasteiger partial charge in [-0.3, -0.25) is 0 Å². The maximum absolute atomic E-state index is 8.61. The van der Waals surface area contributed by atoms with E-state index < -0.39 is 0 Å². The number of benzene rings is 1. The third kappa shape index (κ3) is 1.64. The molecule has 1 aliphatic heterocycles. The molecule has 0 saturated carbocycles. The molecule has 1 aromatic rings. The van der Waals surface area contributed by atoms with Crippen LogP contribution in [0.4, 0.5) is 0 Å². The summed E-state index contributed by atoms with van der Waals surface area (Å²) in [7, 11) is 0. The molecule has 0 spiro atoms. The smallest absolute Gasteiger partial charge is 0.127 e. The molecule has 0 aromatic heterocycles. The van der Waals surface area contributed by atoms with Crippen molar-refractivity contribution in [3.05, 3.63) is 48.2 Å². The molecule has 0 atom stereocenters. The number of para-hydroxylation sites is 1. The lowest BCUT2D eigenvalue weighted by Crippen LogP contribution is -2.03. The van der Waals surface area contributed by atoms with E-state index in [0.29, 0.717) is 6.61 Å². The fraction of sp³-hybridized carbons (Fsp3) is 0.167. The van der Waals surface area contributed by atoms with E-state index in [0.717, 1.165) is 24.0 Å². The summed E-state index contributed by atoms with van der Waals surface area (Å²) in [4.78, 5) is 0. The van der Waals surface area contributed by atoms with Crippen molar-refractivity contribution >= 4 is 5.57 Å². The second-order valence-corrected chi connectivity index (χ2v) is 3.13. The Morgan fingerprint density at radius 1 is 1.36 bits per heavy atom. The van der Waals surface area contributed by atoms with Crippen LogP contribution in [0.2, 0.25) is 0 Å². The first-order chi connectivity index (χ1) is 6.92. The highest BCUT2D eigenvalue weighted by Crippen LogP contribution is 2.31. The summed E-state index contributed by atoms with van der Waals surface area (Å²) < 4.78 is 5.47. The van der Waals surface area contributed by atoms with E-state index in [2.05, 4.69) is 0 Å². The van der Waals surface area contributed by atoms with Gasteiger partial charge in [0.15, 0.2) is 0 Å². The summed E-state index contributed by atoms with van der Waals surface area (Å²) in [5.74, 6) is 0.927. The van der Waals surface area contributed by atoms with Crippen LogP contribution >= 0.6 is 0 Å². The molecule has 0 unspecified atom stereocenters. The van der Waals surface area contributed by atoms with Gasteiger partial charge >= 0.3 is 0 Å². The summed E-state index contributed by atoms with van der Waals surface area (Å²) in [6, 6.07) is 7.95. The number of fused-ring (bicyclic) bond motifs is 1. The maximum Gasteiger partial charge on any atom is 0.127 e. The SMILES string of the molecule is OC=CCC1=CCOc2ccccc21. The summed E-state index contributed by atoms with van der Waals surface area (Å²) in [5, 5.41) is 8.61. The number of hydrogen-bond acceptors (Lipinski definition) is 2. The zero-order chi connectivity index (χ0) is 9.80. The van der Waals surface area contributed by atoms with Gasteiger partial charge in [0.25, 0.3) is 0 Å². The molecule has 72 valence electrons. The summed E-state index contributed by atoms with van der Waals surface area (Å²) in [6.45, 7) is 0.617. The van der Waals surface area contributed by atoms with Crippen molar-refractivity contribution in [2.75, 3.05) is 6.61 Å². The number of allylic oxidation sites excluding steroid dienone is 2. The molecule has 2 rings (SSSR count). The topological polar surface area (TPSA) is 29.5 Å². The van der Waals surface area contributed by atoms with Crippen LogP contribution in [0.15, 0.2) is 42.7 Å². The van der Waals surface area contributed by atoms with Gasteiger partial charge in [-0.15, -0.1) is 0 Å². The van der Waals surface area contributed by atoms with Gasteiger partial charge in [-0.05, 0) is 30.2 Å². The lowest BCUT2D eigenvalue weighted by Gasteiger charge is -2.17. The van der Waals surface area contributed by atoms with Crippen LogP contribution in [0.3, 0.4) is 0 Å². The van der Waals surface area contributed by atoms with Gasteiger partial charge in [0.2, 0.25) is 0 Å². The molecule has 2 heteroatoms. The predicted molar refractivity (Wildman–Crippen MR) is 56.3 cm³/mol. The largest absolute Gasteiger partial charge is 0.516 e. The van der Waals surface area contributed by atoms with Gasteiger partial charge in [-0.2, -0.15) is 0 Å². The molecule has 0 aliphatic carbocycles. The summed E-state index contributed by atoms with van der Waals surface area (Å²) in [6.07, 6.45) is 5.60. The number of ether oxygens (including phenoxy) is 1. The van der Waals surface area contributed by atoms with Crippen LogP contribution in [0.25, 0.3) is 5.57 Å². The van der Waals surface area contributed by atoms with Crippen molar-refractivity contribution in [2.24, 2.45) is 0 Å². The van der Waals surface area contributed by atoms with Gasteiger partial charge < -0.3 is 9.84 Å². The Kier molecular flexibility index (Phi) is 2.54. The van der Waals surface area contributed by atoms with Crippen molar-refractivity contribution < 1.29 is 9.84 Å². The minimum atomic E-state index is 0.617. The first-order valence-electron chi connectivity index (χ1n) is 4.62. The molecule has 0 fully saturated rings. The van der Waals surface area contributed by atoms with Crippen molar-refractivity contribution in [3.63, 3.8) is 0 Å². The highest BCUT2D eigenvalue weighted by molar-refractivity contribution is 5.72. The number of aliphatic hydroxyl groups is 1. The van der Waals surface area contributed by atoms with Crippen LogP contribution in [0, 0.1) is 0 Å². The molecule has 0 amide bonds. The van der Waals surface area contributed by atoms with Crippen LogP contribution in [-0.2, 0) is 0 Å². The zero-order valence-corrected chi connectivity index (χ0v) is 7.81. The third-order valence-electron chi connectivity index (χ3n) is 2.24. The number of rotatable bonds is 2. The fourth-order valence-electron chi connectivity index (χ4n) is 1.57. The van der Waals surface area contributed by atoms with Gasteiger partial charge in [-0.25, -0.2) is 0 Å². The van der Waals surface area contributed by atoms with E-state index >= 15 is 0 Å².